The van der Waals surface area contributed by atoms with E-state index in [0.29, 0.717) is 5.56 Å². The minimum atomic E-state index is -3.30. The Morgan fingerprint density at radius 3 is 2.73 bits per heavy atom. The number of para-hydroxylation sites is 1. The molecule has 0 bridgehead atoms. The van der Waals surface area contributed by atoms with Gasteiger partial charge in [-0.1, -0.05) is 18.2 Å². The van der Waals surface area contributed by atoms with Crippen LogP contribution in [0.2, 0.25) is 0 Å². The summed E-state index contributed by atoms with van der Waals surface area (Å²) in [5.41, 5.74) is 1.51. The molecule has 1 aromatic heterocycles. The summed E-state index contributed by atoms with van der Waals surface area (Å²) in [4.78, 5) is 11.0. The van der Waals surface area contributed by atoms with E-state index in [2.05, 4.69) is 5.10 Å². The fourth-order valence-corrected chi connectivity index (χ4v) is 4.21. The van der Waals surface area contributed by atoms with Crippen molar-refractivity contribution in [2.45, 2.75) is 12.2 Å². The molecule has 0 aliphatic carbocycles. The van der Waals surface area contributed by atoms with E-state index in [1.54, 1.807) is 17.1 Å². The van der Waals surface area contributed by atoms with E-state index in [1.807, 2.05) is 30.3 Å². The second kappa shape index (κ2) is 5.92. The smallest absolute Gasteiger partial charge is 0.306 e. The van der Waals surface area contributed by atoms with Crippen LogP contribution >= 0.6 is 0 Å². The Bertz CT molecular complexity index is 768. The van der Waals surface area contributed by atoms with Crippen LogP contribution in [-0.2, 0) is 25.1 Å². The molecule has 1 saturated heterocycles. The zero-order chi connectivity index (χ0) is 15.6. The van der Waals surface area contributed by atoms with Gasteiger partial charge >= 0.3 is 5.97 Å². The van der Waals surface area contributed by atoms with E-state index < -0.39 is 9.84 Å². The van der Waals surface area contributed by atoms with Gasteiger partial charge in [0.15, 0.2) is 9.84 Å². The zero-order valence-electron chi connectivity index (χ0n) is 11.9. The largest absolute Gasteiger partial charge is 0.465 e. The number of carbonyl (C=O) groups is 1. The predicted molar refractivity (Wildman–Crippen MR) is 80.1 cm³/mol. The summed E-state index contributed by atoms with van der Waals surface area (Å²) in [5.74, 6) is -0.668. The maximum Gasteiger partial charge on any atom is 0.306 e. The van der Waals surface area contributed by atoms with Gasteiger partial charge in [0, 0.05) is 17.7 Å². The van der Waals surface area contributed by atoms with Crippen LogP contribution in [0.5, 0.6) is 0 Å². The number of nitrogens with zero attached hydrogens (tertiary/aromatic N) is 2. The topological polar surface area (TPSA) is 78.3 Å². The summed E-state index contributed by atoms with van der Waals surface area (Å²) in [7, 11) is -3.30. The van der Waals surface area contributed by atoms with Crippen molar-refractivity contribution in [3.63, 3.8) is 0 Å². The highest BCUT2D eigenvalue weighted by molar-refractivity contribution is 7.90. The molecule has 2 heterocycles. The minimum absolute atomic E-state index is 0.0325. The Kier molecular flexibility index (Phi) is 3.98. The predicted octanol–water partition coefficient (Wildman–Crippen LogP) is 1.35. The molecule has 1 aliphatic heterocycles. The molecule has 2 aromatic rings. The summed E-state index contributed by atoms with van der Waals surface area (Å²) < 4.78 is 30.9. The lowest BCUT2D eigenvalue weighted by Gasteiger charge is -2.06. The Morgan fingerprint density at radius 1 is 1.27 bits per heavy atom. The van der Waals surface area contributed by atoms with Gasteiger partial charge in [-0.3, -0.25) is 4.79 Å². The van der Waals surface area contributed by atoms with Crippen molar-refractivity contribution in [1.29, 1.82) is 0 Å². The summed E-state index contributed by atoms with van der Waals surface area (Å²) in [6.45, 7) is 0.196. The molecule has 116 valence electrons. The molecule has 1 fully saturated rings. The van der Waals surface area contributed by atoms with Crippen molar-refractivity contribution in [1.82, 2.24) is 9.78 Å². The molecule has 6 nitrogen and oxygen atoms in total. The Balaban J connectivity index is 1.68. The van der Waals surface area contributed by atoms with Gasteiger partial charge in [-0.15, -0.1) is 0 Å². The normalized spacial score (nSPS) is 18.4. The highest BCUT2D eigenvalue weighted by atomic mass is 32.2. The van der Waals surface area contributed by atoms with Crippen LogP contribution < -0.4 is 0 Å². The van der Waals surface area contributed by atoms with E-state index >= 15 is 0 Å². The van der Waals surface area contributed by atoms with Gasteiger partial charge in [-0.05, 0) is 12.1 Å². The van der Waals surface area contributed by atoms with E-state index in [0.717, 1.165) is 5.69 Å². The van der Waals surface area contributed by atoms with E-state index in [1.165, 1.54) is 0 Å². The average molecular weight is 320 g/mol. The van der Waals surface area contributed by atoms with Gasteiger partial charge in [-0.2, -0.15) is 5.10 Å². The Labute approximate surface area is 128 Å². The minimum Gasteiger partial charge on any atom is -0.465 e. The molecular formula is C15H16N2O4S. The monoisotopic (exact) mass is 320 g/mol. The lowest BCUT2D eigenvalue weighted by molar-refractivity contribution is -0.137. The maximum absolute atomic E-state index is 12.2. The molecule has 0 N–H and O–H groups in total. The molecule has 1 atom stereocenters. The SMILES string of the molecule is O=C1CC(CS(=O)(=O)Cc2cnn(-c3ccccc3)c2)CO1. The number of aromatic nitrogens is 2. The molecule has 1 aliphatic rings. The molecule has 0 amide bonds. The van der Waals surface area contributed by atoms with Gasteiger partial charge in [0.05, 0.1) is 36.4 Å². The first kappa shape index (κ1) is 14.8. The first-order valence-corrected chi connectivity index (χ1v) is 8.79. The van der Waals surface area contributed by atoms with E-state index in [-0.39, 0.29) is 36.4 Å². The zero-order valence-corrected chi connectivity index (χ0v) is 12.7. The van der Waals surface area contributed by atoms with Crippen LogP contribution in [0.25, 0.3) is 5.69 Å². The summed E-state index contributed by atoms with van der Waals surface area (Å²) in [5, 5.41) is 4.19. The van der Waals surface area contributed by atoms with Crippen LogP contribution in [-0.4, -0.2) is 36.5 Å². The Morgan fingerprint density at radius 2 is 2.05 bits per heavy atom. The lowest BCUT2D eigenvalue weighted by atomic mass is 10.2. The van der Waals surface area contributed by atoms with Crippen molar-refractivity contribution < 1.29 is 17.9 Å². The maximum atomic E-state index is 12.2. The second-order valence-corrected chi connectivity index (χ2v) is 7.55. The van der Waals surface area contributed by atoms with Crippen molar-refractivity contribution in [3.05, 3.63) is 48.3 Å². The average Bonchev–Trinajstić information content (AvgIpc) is 3.08. The number of sulfone groups is 1. The fourth-order valence-electron chi connectivity index (χ4n) is 2.50. The van der Waals surface area contributed by atoms with Gasteiger partial charge in [0.1, 0.15) is 0 Å². The number of hydrogen-bond acceptors (Lipinski definition) is 5. The first-order chi connectivity index (χ1) is 10.5. The molecule has 0 saturated carbocycles. The number of hydrogen-bond donors (Lipinski definition) is 0. The first-order valence-electron chi connectivity index (χ1n) is 6.97. The summed E-state index contributed by atoms with van der Waals surface area (Å²) in [6, 6.07) is 9.48. The third-order valence-corrected chi connectivity index (χ3v) is 5.22. The number of carbonyl (C=O) groups excluding carboxylic acids is 1. The van der Waals surface area contributed by atoms with Gasteiger partial charge in [0.2, 0.25) is 0 Å². The van der Waals surface area contributed by atoms with Crippen molar-refractivity contribution in [2.24, 2.45) is 5.92 Å². The number of rotatable bonds is 5. The fraction of sp³-hybridized carbons (Fsp3) is 0.333. The molecule has 7 heteroatoms. The van der Waals surface area contributed by atoms with Gasteiger partial charge < -0.3 is 4.74 Å². The molecule has 1 unspecified atom stereocenters. The molecule has 0 radical (unpaired) electrons. The van der Waals surface area contributed by atoms with Gasteiger partial charge in [0.25, 0.3) is 0 Å². The van der Waals surface area contributed by atoms with Gasteiger partial charge in [-0.25, -0.2) is 13.1 Å². The van der Waals surface area contributed by atoms with Crippen LogP contribution in [0.4, 0.5) is 0 Å². The summed E-state index contributed by atoms with van der Waals surface area (Å²) >= 11 is 0. The second-order valence-electron chi connectivity index (χ2n) is 5.44. The number of cyclic esters (lactones) is 1. The highest BCUT2D eigenvalue weighted by Crippen LogP contribution is 2.18. The number of ether oxygens (including phenoxy) is 1. The summed E-state index contributed by atoms with van der Waals surface area (Å²) in [6.07, 6.45) is 3.45. The third kappa shape index (κ3) is 3.54. The van der Waals surface area contributed by atoms with Crippen molar-refractivity contribution >= 4 is 15.8 Å². The molecular weight excluding hydrogens is 304 g/mol. The Hall–Kier alpha value is -2.15. The van der Waals surface area contributed by atoms with E-state index in [4.69, 9.17) is 4.74 Å². The van der Waals surface area contributed by atoms with Crippen molar-refractivity contribution in [2.75, 3.05) is 12.4 Å². The number of esters is 1. The molecule has 3 rings (SSSR count). The van der Waals surface area contributed by atoms with Crippen molar-refractivity contribution in [3.8, 4) is 5.69 Å². The lowest BCUT2D eigenvalue weighted by Crippen LogP contribution is -2.18. The molecule has 22 heavy (non-hydrogen) atoms. The quantitative estimate of drug-likeness (QED) is 0.777. The third-order valence-electron chi connectivity index (χ3n) is 3.47. The molecule has 1 aromatic carbocycles. The number of benzene rings is 1. The molecule has 0 spiro atoms. The van der Waals surface area contributed by atoms with Crippen LogP contribution in [0.15, 0.2) is 42.7 Å². The van der Waals surface area contributed by atoms with E-state index in [9.17, 15) is 13.2 Å². The van der Waals surface area contributed by atoms with Crippen LogP contribution in [0.1, 0.15) is 12.0 Å². The standard InChI is InChI=1S/C15H16N2O4S/c18-15-6-12(9-21-15)10-22(19,20)11-13-7-16-17(8-13)14-4-2-1-3-5-14/h1-5,7-8,12H,6,9-11H2. The van der Waals surface area contributed by atoms with Crippen LogP contribution in [0.3, 0.4) is 0 Å². The highest BCUT2D eigenvalue weighted by Gasteiger charge is 2.28. The van der Waals surface area contributed by atoms with Crippen LogP contribution in [0, 0.1) is 5.92 Å².